The molecule has 2 N–H and O–H groups in total. The van der Waals surface area contributed by atoms with Crippen molar-refractivity contribution in [2.75, 3.05) is 6.61 Å². The van der Waals surface area contributed by atoms with E-state index in [1.54, 1.807) is 19.9 Å². The monoisotopic (exact) mass is 561 g/mol. The van der Waals surface area contributed by atoms with E-state index in [2.05, 4.69) is 20.5 Å². The minimum atomic E-state index is -1.58. The van der Waals surface area contributed by atoms with Crippen LogP contribution in [0.3, 0.4) is 0 Å². The molecule has 0 spiro atoms. The molecule has 2 aromatic heterocycles. The molecule has 1 aromatic carbocycles. The van der Waals surface area contributed by atoms with E-state index in [1.165, 1.54) is 23.1 Å². The second-order valence-corrected chi connectivity index (χ2v) is 10.5. The van der Waals surface area contributed by atoms with Crippen LogP contribution in [0.2, 0.25) is 0 Å². The molecule has 2 fully saturated rings. The van der Waals surface area contributed by atoms with Gasteiger partial charge in [-0.25, -0.2) is 17.9 Å². The zero-order chi connectivity index (χ0) is 28.2. The first-order valence-corrected chi connectivity index (χ1v) is 12.7. The topological polar surface area (TPSA) is 133 Å². The molecule has 40 heavy (non-hydrogen) atoms. The van der Waals surface area contributed by atoms with Gasteiger partial charge in [0.1, 0.15) is 36.2 Å². The van der Waals surface area contributed by atoms with E-state index in [1.807, 2.05) is 0 Å². The molecule has 3 aromatic rings. The van der Waals surface area contributed by atoms with Gasteiger partial charge in [0.2, 0.25) is 5.56 Å². The zero-order valence-corrected chi connectivity index (χ0v) is 21.5. The minimum absolute atomic E-state index is 0.0192. The Morgan fingerprint density at radius 2 is 1.95 bits per heavy atom. The molecule has 0 aliphatic carbocycles. The summed E-state index contributed by atoms with van der Waals surface area (Å²) in [5, 5.41) is 23.8. The smallest absolute Gasteiger partial charge is 0.248 e. The van der Waals surface area contributed by atoms with Gasteiger partial charge in [-0.3, -0.25) is 4.79 Å². The molecule has 0 bridgehead atoms. The molecule has 0 radical (unpaired) electrons. The van der Waals surface area contributed by atoms with Crippen LogP contribution in [0.1, 0.15) is 38.3 Å². The van der Waals surface area contributed by atoms with E-state index >= 15 is 0 Å². The Hall–Kier alpha value is -3.59. The number of hydrogen-bond donors (Lipinski definition) is 2. The molecule has 212 valence electrons. The van der Waals surface area contributed by atoms with Crippen LogP contribution in [0.15, 0.2) is 46.6 Å². The first-order valence-electron chi connectivity index (χ1n) is 12.7. The number of H-pyrrole nitrogens is 1. The van der Waals surface area contributed by atoms with Crippen molar-refractivity contribution in [2.24, 2.45) is 5.16 Å². The molecule has 0 saturated carbocycles. The van der Waals surface area contributed by atoms with Crippen molar-refractivity contribution >= 4 is 5.71 Å². The number of nitrogens with one attached hydrogen (secondary N) is 1. The quantitative estimate of drug-likeness (QED) is 0.454. The number of benzene rings is 1. The molecule has 3 aliphatic rings. The predicted octanol–water partition coefficient (Wildman–Crippen LogP) is 2.45. The fourth-order valence-electron chi connectivity index (χ4n) is 5.31. The third kappa shape index (κ3) is 5.03. The summed E-state index contributed by atoms with van der Waals surface area (Å²) in [7, 11) is 0. The van der Waals surface area contributed by atoms with Gasteiger partial charge in [0.25, 0.3) is 0 Å². The zero-order valence-electron chi connectivity index (χ0n) is 21.5. The van der Waals surface area contributed by atoms with Crippen LogP contribution in [0, 0.1) is 17.5 Å². The Labute approximate surface area is 225 Å². The van der Waals surface area contributed by atoms with Gasteiger partial charge in [0, 0.05) is 36.2 Å². The summed E-state index contributed by atoms with van der Waals surface area (Å²) in [6, 6.07) is 3.97. The summed E-state index contributed by atoms with van der Waals surface area (Å²) in [4.78, 5) is 19.8. The number of aromatic nitrogens is 4. The second kappa shape index (κ2) is 10.1. The Kier molecular flexibility index (Phi) is 6.73. The molecule has 11 nitrogen and oxygen atoms in total. The fraction of sp³-hybridized carbons (Fsp3) is 0.462. The van der Waals surface area contributed by atoms with Gasteiger partial charge in [-0.2, -0.15) is 0 Å². The first kappa shape index (κ1) is 26.6. The van der Waals surface area contributed by atoms with Crippen molar-refractivity contribution in [1.82, 2.24) is 20.0 Å². The molecule has 5 heterocycles. The van der Waals surface area contributed by atoms with Gasteiger partial charge in [-0.05, 0) is 32.0 Å². The SMILES string of the molecule is CC1(C)OC[C@H]2O[C@H](C[C@H]3CC(c4cc[nH]c(=O)c4)=NO3)[C@H](O)C(n3cc(-c4cc(F)c(F)c(F)c4)nn3)[C@H]2O1. The van der Waals surface area contributed by atoms with Crippen LogP contribution in [0.5, 0.6) is 0 Å². The standard InChI is InChI=1S/C26H26F3N5O6/c1-26(2)37-11-20-25(39-26)23(34-10-18(31-33-34)13-5-15(27)22(29)16(28)6-13)24(36)19(38-20)9-14-8-17(32-40-14)12-3-4-30-21(35)7-12/h3-7,10,14,19-20,23-25,36H,8-9,11H2,1-2H3,(H,30,35)/t14-,19-,20-,23?,24+,25+/m1/s1. The van der Waals surface area contributed by atoms with Crippen molar-refractivity contribution in [3.8, 4) is 11.3 Å². The van der Waals surface area contributed by atoms with E-state index in [0.717, 1.165) is 12.1 Å². The maximum atomic E-state index is 13.9. The minimum Gasteiger partial charge on any atom is -0.392 e. The lowest BCUT2D eigenvalue weighted by atomic mass is 9.88. The molecule has 1 unspecified atom stereocenters. The number of halogens is 3. The average Bonchev–Trinajstić information content (AvgIpc) is 3.58. The summed E-state index contributed by atoms with van der Waals surface area (Å²) in [5.74, 6) is -5.28. The highest BCUT2D eigenvalue weighted by molar-refractivity contribution is 6.01. The highest BCUT2D eigenvalue weighted by atomic mass is 19.2. The summed E-state index contributed by atoms with van der Waals surface area (Å²) in [6.07, 6.45) is -0.0910. The number of aromatic amines is 1. The van der Waals surface area contributed by atoms with E-state index in [0.29, 0.717) is 17.7 Å². The molecule has 14 heteroatoms. The molecular weight excluding hydrogens is 535 g/mol. The molecule has 2 saturated heterocycles. The summed E-state index contributed by atoms with van der Waals surface area (Å²) in [5.41, 5.74) is 1.03. The number of aliphatic hydroxyl groups is 1. The van der Waals surface area contributed by atoms with Crippen LogP contribution in [0.25, 0.3) is 11.3 Å². The van der Waals surface area contributed by atoms with Crippen molar-refractivity contribution in [3.63, 3.8) is 0 Å². The lowest BCUT2D eigenvalue weighted by Gasteiger charge is -2.50. The maximum Gasteiger partial charge on any atom is 0.248 e. The molecule has 0 amide bonds. The maximum absolute atomic E-state index is 13.9. The van der Waals surface area contributed by atoms with Crippen molar-refractivity contribution in [1.29, 1.82) is 0 Å². The Morgan fingerprint density at radius 3 is 2.70 bits per heavy atom. The summed E-state index contributed by atoms with van der Waals surface area (Å²) in [6.45, 7) is 3.64. The fourth-order valence-corrected chi connectivity index (χ4v) is 5.31. The van der Waals surface area contributed by atoms with E-state index in [9.17, 15) is 23.1 Å². The third-order valence-electron chi connectivity index (χ3n) is 7.23. The van der Waals surface area contributed by atoms with Crippen LogP contribution in [-0.2, 0) is 19.0 Å². The van der Waals surface area contributed by atoms with Crippen molar-refractivity contribution in [2.45, 2.75) is 69.0 Å². The Bertz CT molecular complexity index is 1490. The van der Waals surface area contributed by atoms with Crippen molar-refractivity contribution < 1.29 is 37.3 Å². The van der Waals surface area contributed by atoms with E-state index in [4.69, 9.17) is 19.0 Å². The highest BCUT2D eigenvalue weighted by Crippen LogP contribution is 2.40. The van der Waals surface area contributed by atoms with Gasteiger partial charge in [0.15, 0.2) is 23.2 Å². The van der Waals surface area contributed by atoms with Gasteiger partial charge >= 0.3 is 0 Å². The number of pyridine rings is 1. The average molecular weight is 562 g/mol. The number of hydrogen-bond acceptors (Lipinski definition) is 9. The van der Waals surface area contributed by atoms with Gasteiger partial charge < -0.3 is 29.1 Å². The van der Waals surface area contributed by atoms with Gasteiger partial charge in [0.05, 0.1) is 24.6 Å². The summed E-state index contributed by atoms with van der Waals surface area (Å²) < 4.78 is 60.7. The molecular formula is C26H26F3N5O6. The van der Waals surface area contributed by atoms with Crippen LogP contribution < -0.4 is 5.56 Å². The van der Waals surface area contributed by atoms with Gasteiger partial charge in [-0.15, -0.1) is 5.10 Å². The number of ether oxygens (including phenoxy) is 3. The molecule has 6 rings (SSSR count). The van der Waals surface area contributed by atoms with E-state index < -0.39 is 59.8 Å². The van der Waals surface area contributed by atoms with Gasteiger partial charge in [-0.1, -0.05) is 10.4 Å². The lowest BCUT2D eigenvalue weighted by molar-refractivity contribution is -0.349. The van der Waals surface area contributed by atoms with Crippen molar-refractivity contribution in [3.05, 3.63) is 70.0 Å². The summed E-state index contributed by atoms with van der Waals surface area (Å²) >= 11 is 0. The lowest BCUT2D eigenvalue weighted by Crippen LogP contribution is -2.62. The normalized spacial score (nSPS) is 29.5. The highest BCUT2D eigenvalue weighted by Gasteiger charge is 2.52. The number of oxime groups is 1. The Balaban J connectivity index is 1.25. The number of aliphatic hydroxyl groups excluding tert-OH is 1. The third-order valence-corrected chi connectivity index (χ3v) is 7.23. The predicted molar refractivity (Wildman–Crippen MR) is 132 cm³/mol. The molecule has 3 aliphatic heterocycles. The first-order chi connectivity index (χ1) is 19.1. The molecule has 6 atom stereocenters. The van der Waals surface area contributed by atoms with Crippen LogP contribution in [0.4, 0.5) is 13.2 Å². The van der Waals surface area contributed by atoms with E-state index in [-0.39, 0.29) is 29.8 Å². The van der Waals surface area contributed by atoms with Crippen LogP contribution in [-0.4, -0.2) is 73.7 Å². The number of rotatable bonds is 5. The number of nitrogens with zero attached hydrogens (tertiary/aromatic N) is 4. The number of fused-ring (bicyclic) bond motifs is 1. The largest absolute Gasteiger partial charge is 0.392 e. The Morgan fingerprint density at radius 1 is 1.18 bits per heavy atom. The van der Waals surface area contributed by atoms with Crippen LogP contribution >= 0.6 is 0 Å². The second-order valence-electron chi connectivity index (χ2n) is 10.5.